The van der Waals surface area contributed by atoms with Gasteiger partial charge in [-0.2, -0.15) is 0 Å². The first-order valence-electron chi connectivity index (χ1n) is 13.9. The minimum absolute atomic E-state index is 0.0509. The van der Waals surface area contributed by atoms with Gasteiger partial charge in [-0.25, -0.2) is 4.79 Å². The molecule has 5 aliphatic carbocycles. The van der Waals surface area contributed by atoms with Gasteiger partial charge in [-0.05, 0) is 105 Å². The van der Waals surface area contributed by atoms with Gasteiger partial charge in [0.05, 0.1) is 5.92 Å². The molecule has 6 fully saturated rings. The third-order valence-electron chi connectivity index (χ3n) is 9.40. The van der Waals surface area contributed by atoms with Gasteiger partial charge in [0.1, 0.15) is 0 Å². The maximum atomic E-state index is 13.1. The first kappa shape index (κ1) is 23.8. The van der Waals surface area contributed by atoms with Crippen molar-refractivity contribution < 1.29 is 14.4 Å². The van der Waals surface area contributed by atoms with Crippen LogP contribution >= 0.6 is 0 Å². The lowest BCUT2D eigenvalue weighted by Gasteiger charge is -2.65. The van der Waals surface area contributed by atoms with Crippen LogP contribution in [-0.4, -0.2) is 47.4 Å². The summed E-state index contributed by atoms with van der Waals surface area (Å²) in [6.07, 6.45) is 10.9. The van der Waals surface area contributed by atoms with Crippen LogP contribution in [0.15, 0.2) is 24.3 Å². The molecule has 1 aromatic rings. The van der Waals surface area contributed by atoms with Gasteiger partial charge in [0.25, 0.3) is 5.91 Å². The number of benzene rings is 1. The highest BCUT2D eigenvalue weighted by Crippen LogP contribution is 2.66. The van der Waals surface area contributed by atoms with Crippen molar-refractivity contribution in [1.82, 2.24) is 15.5 Å². The number of anilines is 1. The summed E-state index contributed by atoms with van der Waals surface area (Å²) in [6, 6.07) is 7.35. The molecule has 4 bridgehead atoms. The molecule has 5 saturated carbocycles. The molecule has 6 aliphatic rings. The van der Waals surface area contributed by atoms with Gasteiger partial charge in [-0.1, -0.05) is 13.8 Å². The molecule has 3 N–H and O–H groups in total. The summed E-state index contributed by atoms with van der Waals surface area (Å²) in [5.74, 6) is 0.630. The van der Waals surface area contributed by atoms with Crippen molar-refractivity contribution in [1.29, 1.82) is 0 Å². The lowest BCUT2D eigenvalue weighted by atomic mass is 9.43. The van der Waals surface area contributed by atoms with E-state index in [1.807, 2.05) is 0 Å². The van der Waals surface area contributed by atoms with Crippen molar-refractivity contribution in [2.75, 3.05) is 18.4 Å². The van der Waals surface area contributed by atoms with E-state index in [-0.39, 0.29) is 29.3 Å². The number of amides is 4. The van der Waals surface area contributed by atoms with Crippen LogP contribution in [0.1, 0.15) is 88.4 Å². The van der Waals surface area contributed by atoms with Crippen molar-refractivity contribution in [2.45, 2.75) is 89.6 Å². The Hall–Kier alpha value is -2.57. The van der Waals surface area contributed by atoms with Crippen molar-refractivity contribution >= 4 is 23.5 Å². The molecule has 0 spiro atoms. The molecular formula is C29H40N4O3. The van der Waals surface area contributed by atoms with Crippen LogP contribution in [0.5, 0.6) is 0 Å². The minimum Gasteiger partial charge on any atom is -0.353 e. The van der Waals surface area contributed by atoms with Gasteiger partial charge in [0.15, 0.2) is 0 Å². The van der Waals surface area contributed by atoms with Crippen LogP contribution in [0.3, 0.4) is 0 Å². The van der Waals surface area contributed by atoms with Gasteiger partial charge in [0.2, 0.25) is 5.91 Å². The molecule has 0 radical (unpaired) electrons. The second-order valence-electron chi connectivity index (χ2n) is 13.4. The molecule has 7 rings (SSSR count). The fourth-order valence-corrected chi connectivity index (χ4v) is 8.79. The molecule has 7 nitrogen and oxygen atoms in total. The fourth-order valence-electron chi connectivity index (χ4n) is 8.79. The largest absolute Gasteiger partial charge is 0.353 e. The van der Waals surface area contributed by atoms with Crippen LogP contribution in [0.2, 0.25) is 0 Å². The van der Waals surface area contributed by atoms with E-state index >= 15 is 0 Å². The number of hydrogen-bond acceptors (Lipinski definition) is 3. The average molecular weight is 493 g/mol. The Morgan fingerprint density at radius 3 is 2.25 bits per heavy atom. The second-order valence-corrected chi connectivity index (χ2v) is 13.4. The molecule has 0 aromatic heterocycles. The van der Waals surface area contributed by atoms with Crippen molar-refractivity contribution in [2.24, 2.45) is 22.7 Å². The van der Waals surface area contributed by atoms with E-state index in [1.165, 1.54) is 19.3 Å². The normalized spacial score (nSPS) is 36.9. The lowest BCUT2D eigenvalue weighted by molar-refractivity contribution is -0.126. The molecule has 36 heavy (non-hydrogen) atoms. The van der Waals surface area contributed by atoms with Crippen LogP contribution < -0.4 is 16.0 Å². The third-order valence-corrected chi connectivity index (χ3v) is 9.40. The topological polar surface area (TPSA) is 90.5 Å². The Kier molecular flexibility index (Phi) is 5.61. The molecule has 7 heteroatoms. The predicted octanol–water partition coefficient (Wildman–Crippen LogP) is 4.69. The zero-order valence-corrected chi connectivity index (χ0v) is 21.7. The van der Waals surface area contributed by atoms with Crippen molar-refractivity contribution in [3.8, 4) is 0 Å². The Morgan fingerprint density at radius 2 is 1.61 bits per heavy atom. The number of urea groups is 1. The number of hydrogen-bond donors (Lipinski definition) is 3. The van der Waals surface area contributed by atoms with E-state index in [2.05, 4.69) is 29.8 Å². The molecule has 1 saturated heterocycles. The first-order valence-corrected chi connectivity index (χ1v) is 13.9. The number of rotatable bonds is 5. The molecular weight excluding hydrogens is 452 g/mol. The van der Waals surface area contributed by atoms with Gasteiger partial charge in [-0.3, -0.25) is 9.59 Å². The summed E-state index contributed by atoms with van der Waals surface area (Å²) >= 11 is 0. The number of carbonyl (C=O) groups is 3. The number of carbonyl (C=O) groups excluding carboxylic acids is 3. The average Bonchev–Trinajstić information content (AvgIpc) is 3.60. The van der Waals surface area contributed by atoms with E-state index in [1.54, 1.807) is 29.2 Å². The molecule has 5 atom stereocenters. The Balaban J connectivity index is 1.05. The molecule has 4 amide bonds. The summed E-state index contributed by atoms with van der Waals surface area (Å²) in [7, 11) is 0. The first-order chi connectivity index (χ1) is 17.1. The third kappa shape index (κ3) is 4.73. The molecule has 1 unspecified atom stereocenters. The SMILES string of the molecule is C[C@]12C[C@@H]3C[C@](C)(C1)C[C@@](NC(=O)Nc1ccc(C(=O)N4CCCC(C(=O)NC5CC5)C4)cc1)(C3)C2. The van der Waals surface area contributed by atoms with E-state index < -0.39 is 0 Å². The smallest absolute Gasteiger partial charge is 0.319 e. The highest BCUT2D eigenvalue weighted by Gasteiger charge is 2.60. The van der Waals surface area contributed by atoms with Gasteiger partial charge in [0, 0.05) is 35.9 Å². The summed E-state index contributed by atoms with van der Waals surface area (Å²) in [5.41, 5.74) is 1.86. The standard InChI is InChI=1S/C29H40N4O3/c1-27-12-19-13-28(2,16-27)18-29(14-19,17-27)32-26(36)31-23-7-5-20(6-8-23)25(35)33-11-3-4-21(15-33)24(34)30-22-9-10-22/h5-8,19,21-22H,3-4,9-18H2,1-2H3,(H,30,34)(H2,31,32,36)/t19-,21?,27+,28-,29-. The van der Waals surface area contributed by atoms with Crippen molar-refractivity contribution in [3.63, 3.8) is 0 Å². The Bertz CT molecular complexity index is 1050. The van der Waals surface area contributed by atoms with E-state index in [0.717, 1.165) is 50.9 Å². The van der Waals surface area contributed by atoms with Crippen LogP contribution in [0.25, 0.3) is 0 Å². The van der Waals surface area contributed by atoms with Crippen molar-refractivity contribution in [3.05, 3.63) is 29.8 Å². The Morgan fingerprint density at radius 1 is 0.917 bits per heavy atom. The summed E-state index contributed by atoms with van der Waals surface area (Å²) < 4.78 is 0. The summed E-state index contributed by atoms with van der Waals surface area (Å²) in [5, 5.41) is 9.46. The van der Waals surface area contributed by atoms with Gasteiger partial charge in [-0.15, -0.1) is 0 Å². The van der Waals surface area contributed by atoms with Crippen LogP contribution in [-0.2, 0) is 4.79 Å². The number of nitrogens with zero attached hydrogens (tertiary/aromatic N) is 1. The van der Waals surface area contributed by atoms with E-state index in [9.17, 15) is 14.4 Å². The van der Waals surface area contributed by atoms with Crippen LogP contribution in [0.4, 0.5) is 10.5 Å². The monoisotopic (exact) mass is 492 g/mol. The number of piperidine rings is 1. The minimum atomic E-state index is -0.149. The molecule has 1 heterocycles. The van der Waals surface area contributed by atoms with Crippen LogP contribution in [0, 0.1) is 22.7 Å². The quantitative estimate of drug-likeness (QED) is 0.557. The van der Waals surface area contributed by atoms with E-state index in [4.69, 9.17) is 0 Å². The summed E-state index contributed by atoms with van der Waals surface area (Å²) in [6.45, 7) is 5.96. The zero-order chi connectivity index (χ0) is 25.1. The lowest BCUT2D eigenvalue weighted by Crippen LogP contribution is -2.65. The molecule has 1 aliphatic heterocycles. The molecule has 1 aromatic carbocycles. The second kappa shape index (κ2) is 8.49. The zero-order valence-electron chi connectivity index (χ0n) is 21.7. The molecule has 194 valence electrons. The predicted molar refractivity (Wildman–Crippen MR) is 139 cm³/mol. The number of nitrogens with one attached hydrogen (secondary N) is 3. The maximum absolute atomic E-state index is 13.1. The van der Waals surface area contributed by atoms with E-state index in [0.29, 0.717) is 41.2 Å². The maximum Gasteiger partial charge on any atom is 0.319 e. The highest BCUT2D eigenvalue weighted by atomic mass is 16.2. The Labute approximate surface area is 214 Å². The van der Waals surface area contributed by atoms with Gasteiger partial charge >= 0.3 is 6.03 Å². The van der Waals surface area contributed by atoms with Gasteiger partial charge < -0.3 is 20.9 Å². The highest BCUT2D eigenvalue weighted by molar-refractivity contribution is 5.96. The summed E-state index contributed by atoms with van der Waals surface area (Å²) in [4.78, 5) is 40.4. The number of likely N-dealkylation sites (tertiary alicyclic amines) is 1. The fraction of sp³-hybridized carbons (Fsp3) is 0.690.